The predicted molar refractivity (Wildman–Crippen MR) is 335 cm³/mol. The van der Waals surface area contributed by atoms with Gasteiger partial charge >= 0.3 is 0 Å². The normalized spacial score (nSPS) is 14.6. The number of phenols is 12. The van der Waals surface area contributed by atoms with Crippen molar-refractivity contribution in [1.29, 1.82) is 0 Å². The molecular weight excluding hydrogens is 1060 g/mol. The molecule has 0 unspecified atom stereocenters. The van der Waals surface area contributed by atoms with Gasteiger partial charge in [-0.2, -0.15) is 0 Å². The fourth-order valence-electron chi connectivity index (χ4n) is 12.2. The Morgan fingerprint density at radius 1 is 0.155 bits per heavy atom. The smallest absolute Gasteiger partial charge is 0.122 e. The van der Waals surface area contributed by atoms with E-state index >= 15 is 0 Å². The highest BCUT2D eigenvalue weighted by Crippen LogP contribution is 2.48. The maximum atomic E-state index is 11.9. The maximum Gasteiger partial charge on any atom is 0.122 e. The van der Waals surface area contributed by atoms with Crippen molar-refractivity contribution in [2.45, 2.75) is 160 Å². The van der Waals surface area contributed by atoms with Crippen LogP contribution in [0.25, 0.3) is 0 Å². The number of rotatable bonds is 0. The van der Waals surface area contributed by atoms with Crippen LogP contribution < -0.4 is 0 Å². The van der Waals surface area contributed by atoms with E-state index in [4.69, 9.17) is 0 Å². The molecule has 12 N–H and O–H groups in total. The standard InChI is InChI=1S/C72H84O12/c1-31-19-49-51(63(75)39(9)37(7)61(49)73)21-32(2)23-53-55(67(79)43(13)41(11)65(53)77)25-34(4)27-57-59(71(83)47(17)45(15)69(57)81)29-36(6)30-60-58(70(82)46(16)48(18)72(60)84)28-35(5)26-56-54(66(78)42(12)44(14)68(56)80)24-33(3)22-52-50(20-31)62(74)38(8)40(10)64(52)76/h73-84H,1-6,19-30H2,7-18H3. The molecule has 0 spiro atoms. The highest BCUT2D eigenvalue weighted by molar-refractivity contribution is 5.67. The summed E-state index contributed by atoms with van der Waals surface area (Å²) in [5.74, 6) is -0.916. The fourth-order valence-corrected chi connectivity index (χ4v) is 12.2. The molecule has 0 bridgehead atoms. The molecule has 12 nitrogen and oxygen atoms in total. The minimum Gasteiger partial charge on any atom is -0.507 e. The Balaban J connectivity index is 1.43. The summed E-state index contributed by atoms with van der Waals surface area (Å²) in [4.78, 5) is 0. The first kappa shape index (κ1) is 63.0. The molecule has 0 saturated heterocycles. The molecule has 84 heavy (non-hydrogen) atoms. The fraction of sp³-hybridized carbons (Fsp3) is 0.333. The van der Waals surface area contributed by atoms with Crippen LogP contribution in [0.2, 0.25) is 0 Å². The van der Waals surface area contributed by atoms with Crippen LogP contribution in [0.3, 0.4) is 0 Å². The molecule has 6 aromatic carbocycles. The van der Waals surface area contributed by atoms with Crippen molar-refractivity contribution in [1.82, 2.24) is 0 Å². The van der Waals surface area contributed by atoms with Crippen LogP contribution in [0.15, 0.2) is 72.9 Å². The van der Waals surface area contributed by atoms with Crippen LogP contribution in [0.4, 0.5) is 0 Å². The van der Waals surface area contributed by atoms with Crippen molar-refractivity contribution < 1.29 is 61.3 Å². The van der Waals surface area contributed by atoms with E-state index in [0.717, 1.165) is 0 Å². The van der Waals surface area contributed by atoms with E-state index in [2.05, 4.69) is 39.5 Å². The van der Waals surface area contributed by atoms with Gasteiger partial charge in [0.15, 0.2) is 0 Å². The molecule has 7 rings (SSSR count). The second-order valence-electron chi connectivity index (χ2n) is 24.0. The lowest BCUT2D eigenvalue weighted by Gasteiger charge is -2.24. The van der Waals surface area contributed by atoms with Crippen LogP contribution >= 0.6 is 0 Å². The molecule has 0 atom stereocenters. The van der Waals surface area contributed by atoms with E-state index in [0.29, 0.717) is 167 Å². The molecule has 0 aromatic heterocycles. The van der Waals surface area contributed by atoms with Crippen molar-refractivity contribution in [3.63, 3.8) is 0 Å². The number of benzene rings is 6. The van der Waals surface area contributed by atoms with Crippen molar-refractivity contribution in [2.24, 2.45) is 0 Å². The van der Waals surface area contributed by atoms with E-state index in [9.17, 15) is 61.3 Å². The van der Waals surface area contributed by atoms with Gasteiger partial charge in [-0.15, -0.1) is 0 Å². The summed E-state index contributed by atoms with van der Waals surface area (Å²) in [6.45, 7) is 46.8. The van der Waals surface area contributed by atoms with Crippen molar-refractivity contribution in [3.8, 4) is 69.0 Å². The lowest BCUT2D eigenvalue weighted by molar-refractivity contribution is 0.439. The van der Waals surface area contributed by atoms with Gasteiger partial charge in [0.25, 0.3) is 0 Å². The van der Waals surface area contributed by atoms with E-state index in [1.54, 1.807) is 83.1 Å². The molecule has 1 aliphatic rings. The molecule has 0 amide bonds. The first-order chi connectivity index (χ1) is 39.1. The molecule has 0 aliphatic heterocycles. The topological polar surface area (TPSA) is 243 Å². The minimum atomic E-state index is -0.0764. The highest BCUT2D eigenvalue weighted by Gasteiger charge is 2.30. The second-order valence-corrected chi connectivity index (χ2v) is 24.0. The largest absolute Gasteiger partial charge is 0.507 e. The Morgan fingerprint density at radius 2 is 0.214 bits per heavy atom. The Morgan fingerprint density at radius 3 is 0.274 bits per heavy atom. The molecule has 1 aliphatic carbocycles. The van der Waals surface area contributed by atoms with E-state index in [1.807, 2.05) is 0 Å². The third kappa shape index (κ3) is 11.4. The van der Waals surface area contributed by atoms with Gasteiger partial charge in [0.1, 0.15) is 69.0 Å². The zero-order valence-corrected chi connectivity index (χ0v) is 51.1. The molecule has 0 saturated carbocycles. The van der Waals surface area contributed by atoms with Crippen molar-refractivity contribution in [2.75, 3.05) is 0 Å². The average molecular weight is 1140 g/mol. The SMILES string of the molecule is C=C1Cc2c(O)c(C)c(C)c(O)c2CC(=C)Cc2c(O)c(C)c(C)c(O)c2CC(=C)Cc2c(O)c(C)c(C)c(O)c2CC(=C)Cc2c(O)c(C)c(C)c(O)c2CC(=C)Cc2c(O)c(C)c(C)c(O)c2CC(=C)Cc2c(O)c(C)c(C)c(O)c2C1. The molecule has 6 aromatic rings. The van der Waals surface area contributed by atoms with Gasteiger partial charge in [-0.25, -0.2) is 0 Å². The lowest BCUT2D eigenvalue weighted by atomic mass is 9.82. The number of hydrogen-bond acceptors (Lipinski definition) is 12. The Labute approximate surface area is 494 Å². The van der Waals surface area contributed by atoms with Gasteiger partial charge in [-0.05, 0) is 227 Å². The van der Waals surface area contributed by atoms with Gasteiger partial charge in [-0.3, -0.25) is 0 Å². The van der Waals surface area contributed by atoms with E-state index < -0.39 is 0 Å². The number of allylic oxidation sites excluding steroid dienone is 6. The summed E-state index contributed by atoms with van der Waals surface area (Å²) in [5.41, 5.74) is 12.6. The molecule has 444 valence electrons. The van der Waals surface area contributed by atoms with Crippen LogP contribution in [-0.4, -0.2) is 61.3 Å². The van der Waals surface area contributed by atoms with E-state index in [1.165, 1.54) is 0 Å². The van der Waals surface area contributed by atoms with Gasteiger partial charge in [0, 0.05) is 66.8 Å². The molecule has 0 fully saturated rings. The number of fused-ring (bicyclic) bond motifs is 6. The second kappa shape index (κ2) is 23.9. The van der Waals surface area contributed by atoms with Gasteiger partial charge in [-0.1, -0.05) is 72.9 Å². The number of phenolic OH excluding ortho intramolecular Hbond substituents is 12. The number of hydrogen-bond donors (Lipinski definition) is 12. The summed E-state index contributed by atoms with van der Waals surface area (Å²) < 4.78 is 0. The molecule has 0 heterocycles. The highest BCUT2D eigenvalue weighted by atomic mass is 16.3. The molecule has 12 heteroatoms. The Hall–Kier alpha value is -8.64. The first-order valence-corrected chi connectivity index (χ1v) is 28.3. The first-order valence-electron chi connectivity index (χ1n) is 28.3. The third-order valence-electron chi connectivity index (χ3n) is 18.4. The molecular formula is C72H84O12. The summed E-state index contributed by atoms with van der Waals surface area (Å²) in [6.07, 6.45) is 0.139. The van der Waals surface area contributed by atoms with Gasteiger partial charge in [0.2, 0.25) is 0 Å². The van der Waals surface area contributed by atoms with Gasteiger partial charge in [0.05, 0.1) is 0 Å². The maximum absolute atomic E-state index is 11.9. The minimum absolute atomic E-state index is 0.0116. The van der Waals surface area contributed by atoms with Crippen LogP contribution in [-0.2, 0) is 77.0 Å². The zero-order chi connectivity index (χ0) is 62.7. The third-order valence-corrected chi connectivity index (χ3v) is 18.4. The number of aromatic hydroxyl groups is 12. The summed E-state index contributed by atoms with van der Waals surface area (Å²) >= 11 is 0. The predicted octanol–water partition coefficient (Wildman–Crippen LogP) is 14.2. The van der Waals surface area contributed by atoms with Crippen molar-refractivity contribution in [3.05, 3.63) is 206 Å². The van der Waals surface area contributed by atoms with Crippen molar-refractivity contribution >= 4 is 0 Å². The Bertz CT molecular complexity index is 3000. The van der Waals surface area contributed by atoms with Crippen LogP contribution in [0.1, 0.15) is 134 Å². The van der Waals surface area contributed by atoms with E-state index in [-0.39, 0.29) is 146 Å². The summed E-state index contributed by atoms with van der Waals surface area (Å²) in [5, 5.41) is 143. The van der Waals surface area contributed by atoms with Gasteiger partial charge < -0.3 is 61.3 Å². The van der Waals surface area contributed by atoms with Crippen LogP contribution in [0.5, 0.6) is 69.0 Å². The monoisotopic (exact) mass is 1140 g/mol. The quantitative estimate of drug-likeness (QED) is 0.0502. The lowest BCUT2D eigenvalue weighted by Crippen LogP contribution is -2.10. The zero-order valence-electron chi connectivity index (χ0n) is 51.1. The Kier molecular flexibility index (Phi) is 17.9. The van der Waals surface area contributed by atoms with Crippen LogP contribution in [0, 0.1) is 83.1 Å². The molecule has 0 radical (unpaired) electrons. The summed E-state index contributed by atoms with van der Waals surface area (Å²) in [6, 6.07) is 0. The average Bonchev–Trinajstić information content (AvgIpc) is 2.03. The summed E-state index contributed by atoms with van der Waals surface area (Å²) in [7, 11) is 0.